The maximum absolute atomic E-state index is 12.4. The lowest BCUT2D eigenvalue weighted by Crippen LogP contribution is -2.40. The number of Topliss-reactive ketones (excluding diaryl/α,β-unsaturated/α-hetero) is 1. The topological polar surface area (TPSA) is 115 Å². The molecule has 1 heterocycles. The minimum Gasteiger partial charge on any atom is -0.461 e. The van der Waals surface area contributed by atoms with Gasteiger partial charge in [-0.2, -0.15) is 0 Å². The molecule has 1 fully saturated rings. The Morgan fingerprint density at radius 3 is 2.35 bits per heavy atom. The van der Waals surface area contributed by atoms with Crippen LogP contribution >= 0.6 is 0 Å². The number of hydrogen-bond acceptors (Lipinski definition) is 8. The van der Waals surface area contributed by atoms with Crippen LogP contribution in [0.4, 0.5) is 5.69 Å². The number of nitrogens with one attached hydrogen (secondary N) is 2. The Bertz CT molecular complexity index is 723. The van der Waals surface area contributed by atoms with Crippen molar-refractivity contribution in [1.82, 2.24) is 5.32 Å². The van der Waals surface area contributed by atoms with Crippen molar-refractivity contribution >= 4 is 23.3 Å². The Hall–Kier alpha value is -2.33. The summed E-state index contributed by atoms with van der Waals surface area (Å²) >= 11 is 0. The predicted molar refractivity (Wildman–Crippen MR) is 113 cm³/mol. The van der Waals surface area contributed by atoms with Crippen molar-refractivity contribution < 1.29 is 33.3 Å². The molecule has 1 aliphatic rings. The van der Waals surface area contributed by atoms with Crippen molar-refractivity contribution in [3.05, 3.63) is 29.8 Å². The Morgan fingerprint density at radius 1 is 1.03 bits per heavy atom. The van der Waals surface area contributed by atoms with Crippen LogP contribution in [0.1, 0.15) is 39.2 Å². The van der Waals surface area contributed by atoms with Gasteiger partial charge in [0.05, 0.1) is 25.9 Å². The number of rotatable bonds is 15. The molecule has 1 aromatic rings. The zero-order valence-corrected chi connectivity index (χ0v) is 18.3. The van der Waals surface area contributed by atoms with E-state index in [1.54, 1.807) is 31.2 Å². The van der Waals surface area contributed by atoms with Crippen LogP contribution in [0.15, 0.2) is 24.3 Å². The molecule has 1 aliphatic heterocycles. The van der Waals surface area contributed by atoms with Crippen LogP contribution in [-0.4, -0.2) is 62.5 Å². The number of carbonyl (C=O) groups is 3. The molecule has 1 aromatic carbocycles. The molecule has 172 valence electrons. The summed E-state index contributed by atoms with van der Waals surface area (Å²) in [4.78, 5) is 34.0. The summed E-state index contributed by atoms with van der Waals surface area (Å²) in [5, 5.41) is 5.98. The molecule has 0 aliphatic carbocycles. The van der Waals surface area contributed by atoms with E-state index in [2.05, 4.69) is 10.6 Å². The lowest BCUT2D eigenvalue weighted by molar-refractivity contribution is -0.142. The third-order valence-corrected chi connectivity index (χ3v) is 4.57. The number of ketones is 1. The highest BCUT2D eigenvalue weighted by Crippen LogP contribution is 2.23. The Kier molecular flexibility index (Phi) is 10.6. The molecule has 0 bridgehead atoms. The van der Waals surface area contributed by atoms with Gasteiger partial charge in [-0.05, 0) is 31.5 Å². The maximum Gasteiger partial charge on any atom is 0.302 e. The normalized spacial score (nSPS) is 18.3. The lowest BCUT2D eigenvalue weighted by Gasteiger charge is -2.13. The monoisotopic (exact) mass is 436 g/mol. The second kappa shape index (κ2) is 13.2. The van der Waals surface area contributed by atoms with Gasteiger partial charge in [0.2, 0.25) is 5.91 Å². The molecule has 0 aromatic heterocycles. The third-order valence-electron chi connectivity index (χ3n) is 4.57. The van der Waals surface area contributed by atoms with Crippen LogP contribution in [0.5, 0.6) is 0 Å². The number of carbonyl (C=O) groups excluding carboxylic acids is 3. The molecule has 31 heavy (non-hydrogen) atoms. The summed E-state index contributed by atoms with van der Waals surface area (Å²) < 4.78 is 21.3. The quantitative estimate of drug-likeness (QED) is 0.243. The minimum absolute atomic E-state index is 0.0226. The van der Waals surface area contributed by atoms with E-state index in [1.165, 1.54) is 13.8 Å². The molecule has 0 radical (unpaired) electrons. The SMILES string of the molecule is CC(=O)CCOCCOCCC1OC1N[C@@H](C)C(=O)Nc1ccc(COC(C)=O)cc1. The summed E-state index contributed by atoms with van der Waals surface area (Å²) in [5.41, 5.74) is 1.51. The number of epoxide rings is 1. The molecule has 9 nitrogen and oxygen atoms in total. The van der Waals surface area contributed by atoms with Crippen molar-refractivity contribution in [3.63, 3.8) is 0 Å². The summed E-state index contributed by atoms with van der Waals surface area (Å²) in [6.07, 6.45) is 1.01. The van der Waals surface area contributed by atoms with Gasteiger partial charge < -0.3 is 24.3 Å². The van der Waals surface area contributed by atoms with Crippen molar-refractivity contribution in [2.45, 2.75) is 58.6 Å². The summed E-state index contributed by atoms with van der Waals surface area (Å²) in [6.45, 7) is 6.78. The maximum atomic E-state index is 12.4. The second-order valence-corrected chi connectivity index (χ2v) is 7.42. The standard InChI is InChI=1S/C22H32N2O7/c1-15(25)8-10-28-12-13-29-11-9-20-22(31-20)23-16(2)21(27)24-19-6-4-18(5-7-19)14-30-17(3)26/h4-7,16,20,22-23H,8-14H2,1-3H3,(H,24,27)/t16-,20?,22?/m0/s1. The van der Waals surface area contributed by atoms with E-state index in [1.807, 2.05) is 0 Å². The molecule has 3 atom stereocenters. The fourth-order valence-electron chi connectivity index (χ4n) is 2.69. The van der Waals surface area contributed by atoms with Gasteiger partial charge in [0.25, 0.3) is 0 Å². The van der Waals surface area contributed by atoms with Gasteiger partial charge in [-0.25, -0.2) is 0 Å². The Morgan fingerprint density at radius 2 is 1.71 bits per heavy atom. The molecule has 1 saturated heterocycles. The second-order valence-electron chi connectivity index (χ2n) is 7.42. The molecule has 2 unspecified atom stereocenters. The summed E-state index contributed by atoms with van der Waals surface area (Å²) in [5.74, 6) is -0.386. The molecule has 2 rings (SSSR count). The molecule has 0 spiro atoms. The first-order chi connectivity index (χ1) is 14.8. The highest BCUT2D eigenvalue weighted by Gasteiger charge is 2.39. The van der Waals surface area contributed by atoms with Gasteiger partial charge in [0.15, 0.2) is 0 Å². The number of ether oxygens (including phenoxy) is 4. The van der Waals surface area contributed by atoms with Gasteiger partial charge in [-0.1, -0.05) is 12.1 Å². The van der Waals surface area contributed by atoms with E-state index in [0.29, 0.717) is 38.5 Å². The van der Waals surface area contributed by atoms with Gasteiger partial charge in [0.1, 0.15) is 24.7 Å². The summed E-state index contributed by atoms with van der Waals surface area (Å²) in [6, 6.07) is 6.70. The number of anilines is 1. The van der Waals surface area contributed by atoms with Crippen LogP contribution in [0.25, 0.3) is 0 Å². The predicted octanol–water partition coefficient (Wildman–Crippen LogP) is 1.79. The fourth-order valence-corrected chi connectivity index (χ4v) is 2.69. The van der Waals surface area contributed by atoms with Crippen LogP contribution < -0.4 is 10.6 Å². The summed E-state index contributed by atoms with van der Waals surface area (Å²) in [7, 11) is 0. The molecular weight excluding hydrogens is 404 g/mol. The van der Waals surface area contributed by atoms with Crippen molar-refractivity contribution in [3.8, 4) is 0 Å². The number of amides is 1. The van der Waals surface area contributed by atoms with Crippen LogP contribution in [0.2, 0.25) is 0 Å². The van der Waals surface area contributed by atoms with Crippen LogP contribution in [0.3, 0.4) is 0 Å². The van der Waals surface area contributed by atoms with Crippen LogP contribution in [0, 0.1) is 0 Å². The van der Waals surface area contributed by atoms with Crippen molar-refractivity contribution in [1.29, 1.82) is 0 Å². The molecule has 0 saturated carbocycles. The highest BCUT2D eigenvalue weighted by molar-refractivity contribution is 5.94. The zero-order valence-electron chi connectivity index (χ0n) is 18.3. The third kappa shape index (κ3) is 10.5. The zero-order chi connectivity index (χ0) is 22.6. The smallest absolute Gasteiger partial charge is 0.302 e. The van der Waals surface area contributed by atoms with Gasteiger partial charge in [-0.3, -0.25) is 19.7 Å². The van der Waals surface area contributed by atoms with E-state index >= 15 is 0 Å². The number of hydrogen-bond donors (Lipinski definition) is 2. The number of esters is 1. The molecular formula is C22H32N2O7. The van der Waals surface area contributed by atoms with Gasteiger partial charge in [-0.15, -0.1) is 0 Å². The average molecular weight is 437 g/mol. The van der Waals surface area contributed by atoms with E-state index in [-0.39, 0.29) is 36.6 Å². The largest absolute Gasteiger partial charge is 0.461 e. The van der Waals surface area contributed by atoms with Gasteiger partial charge >= 0.3 is 5.97 Å². The van der Waals surface area contributed by atoms with E-state index < -0.39 is 6.04 Å². The van der Waals surface area contributed by atoms with E-state index in [4.69, 9.17) is 18.9 Å². The van der Waals surface area contributed by atoms with Crippen LogP contribution in [-0.2, 0) is 39.9 Å². The number of benzene rings is 1. The minimum atomic E-state index is -0.425. The Balaban J connectivity index is 1.55. The van der Waals surface area contributed by atoms with E-state index in [9.17, 15) is 14.4 Å². The first-order valence-electron chi connectivity index (χ1n) is 10.4. The molecule has 1 amide bonds. The van der Waals surface area contributed by atoms with Gasteiger partial charge in [0, 0.05) is 32.1 Å². The highest BCUT2D eigenvalue weighted by atomic mass is 16.6. The fraction of sp³-hybridized carbons (Fsp3) is 0.591. The molecule has 2 N–H and O–H groups in total. The Labute approximate surface area is 182 Å². The van der Waals surface area contributed by atoms with Crippen molar-refractivity contribution in [2.75, 3.05) is 31.7 Å². The van der Waals surface area contributed by atoms with E-state index in [0.717, 1.165) is 12.0 Å². The lowest BCUT2D eigenvalue weighted by atomic mass is 10.2. The molecule has 9 heteroatoms. The average Bonchev–Trinajstić information content (AvgIpc) is 3.46. The first kappa shape index (κ1) is 24.9. The van der Waals surface area contributed by atoms with Crippen molar-refractivity contribution in [2.24, 2.45) is 0 Å². The first-order valence-corrected chi connectivity index (χ1v) is 10.4.